The molecule has 2 aromatic heterocycles. The molecule has 0 aromatic carbocycles. The molecule has 13 heteroatoms. The minimum atomic E-state index is -5.72. The standard InChI is InChI=1S/C11H9F6N5O2/c1-23-6-2-19-9(21-7(6)22-5-18-4-20-22)24-3-10(13,14)8(12)11(15,16)17/h2,4-5,8H,3H2,1H3. The van der Waals surface area contributed by atoms with Crippen molar-refractivity contribution in [3.63, 3.8) is 0 Å². The van der Waals surface area contributed by atoms with Gasteiger partial charge in [-0.15, -0.1) is 0 Å². The molecule has 0 saturated heterocycles. The van der Waals surface area contributed by atoms with Crippen LogP contribution in [0.3, 0.4) is 0 Å². The number of aromatic nitrogens is 5. The third kappa shape index (κ3) is 3.83. The molecule has 0 fully saturated rings. The Bertz CT molecular complexity index is 678. The van der Waals surface area contributed by atoms with Gasteiger partial charge in [-0.2, -0.15) is 41.7 Å². The summed E-state index contributed by atoms with van der Waals surface area (Å²) in [6, 6.07) is -0.713. The summed E-state index contributed by atoms with van der Waals surface area (Å²) in [6.45, 7) is -1.91. The van der Waals surface area contributed by atoms with E-state index in [2.05, 4.69) is 24.8 Å². The molecule has 0 spiro atoms. The van der Waals surface area contributed by atoms with Gasteiger partial charge in [0.1, 0.15) is 12.7 Å². The second kappa shape index (κ2) is 6.49. The summed E-state index contributed by atoms with van der Waals surface area (Å²) in [5, 5.41) is 3.73. The van der Waals surface area contributed by atoms with Crippen molar-refractivity contribution in [3.8, 4) is 17.6 Å². The van der Waals surface area contributed by atoms with Crippen molar-refractivity contribution in [2.24, 2.45) is 0 Å². The molecule has 132 valence electrons. The van der Waals surface area contributed by atoms with E-state index in [4.69, 9.17) is 4.74 Å². The van der Waals surface area contributed by atoms with Gasteiger partial charge in [-0.05, 0) is 0 Å². The van der Waals surface area contributed by atoms with Crippen molar-refractivity contribution in [2.45, 2.75) is 18.3 Å². The van der Waals surface area contributed by atoms with E-state index < -0.39 is 30.9 Å². The summed E-state index contributed by atoms with van der Waals surface area (Å²) >= 11 is 0. The van der Waals surface area contributed by atoms with E-state index in [0.717, 1.165) is 17.2 Å². The van der Waals surface area contributed by atoms with Gasteiger partial charge in [0.15, 0.2) is 12.4 Å². The van der Waals surface area contributed by atoms with Gasteiger partial charge in [-0.25, -0.2) is 9.37 Å². The van der Waals surface area contributed by atoms with E-state index >= 15 is 0 Å². The summed E-state index contributed by atoms with van der Waals surface area (Å²) in [4.78, 5) is 10.8. The Kier molecular flexibility index (Phi) is 4.80. The smallest absolute Gasteiger partial charge is 0.425 e. The summed E-state index contributed by atoms with van der Waals surface area (Å²) < 4.78 is 85.7. The zero-order valence-corrected chi connectivity index (χ0v) is 11.8. The Balaban J connectivity index is 2.18. The maximum atomic E-state index is 13.2. The average molecular weight is 357 g/mol. The molecule has 2 heterocycles. The topological polar surface area (TPSA) is 75.0 Å². The van der Waals surface area contributed by atoms with E-state index in [1.807, 2.05) is 0 Å². The monoisotopic (exact) mass is 357 g/mol. The third-order valence-electron chi connectivity index (χ3n) is 2.62. The molecule has 1 atom stereocenters. The van der Waals surface area contributed by atoms with Crippen molar-refractivity contribution in [2.75, 3.05) is 13.7 Å². The zero-order valence-electron chi connectivity index (χ0n) is 11.8. The van der Waals surface area contributed by atoms with E-state index in [-0.39, 0.29) is 11.6 Å². The summed E-state index contributed by atoms with van der Waals surface area (Å²) in [5.41, 5.74) is 0. The Hall–Kier alpha value is -2.60. The molecule has 24 heavy (non-hydrogen) atoms. The van der Waals surface area contributed by atoms with Crippen LogP contribution in [-0.4, -0.2) is 56.7 Å². The van der Waals surface area contributed by atoms with Gasteiger partial charge in [-0.1, -0.05) is 0 Å². The number of rotatable bonds is 6. The lowest BCUT2D eigenvalue weighted by atomic mass is 10.2. The van der Waals surface area contributed by atoms with Crippen molar-refractivity contribution in [3.05, 3.63) is 18.9 Å². The molecule has 0 bridgehead atoms. The molecule has 7 nitrogen and oxygen atoms in total. The molecule has 0 N–H and O–H groups in total. The molecule has 0 radical (unpaired) electrons. The van der Waals surface area contributed by atoms with Gasteiger partial charge in [0, 0.05) is 0 Å². The van der Waals surface area contributed by atoms with Gasteiger partial charge in [-0.3, -0.25) is 0 Å². The lowest BCUT2D eigenvalue weighted by molar-refractivity contribution is -0.250. The predicted molar refractivity (Wildman–Crippen MR) is 64.9 cm³/mol. The van der Waals surface area contributed by atoms with Crippen LogP contribution in [0.2, 0.25) is 0 Å². The Labute approximate surface area is 130 Å². The van der Waals surface area contributed by atoms with Crippen LogP contribution in [0.4, 0.5) is 26.3 Å². The van der Waals surface area contributed by atoms with Crippen molar-refractivity contribution in [1.29, 1.82) is 0 Å². The number of hydrogen-bond donors (Lipinski definition) is 0. The largest absolute Gasteiger partial charge is 0.491 e. The molecule has 0 aliphatic rings. The first-order chi connectivity index (χ1) is 11.1. The highest BCUT2D eigenvalue weighted by molar-refractivity contribution is 5.38. The predicted octanol–water partition coefficient (Wildman–Crippen LogP) is 1.98. The highest BCUT2D eigenvalue weighted by Crippen LogP contribution is 2.35. The summed E-state index contributed by atoms with van der Waals surface area (Å²) in [6.07, 6.45) is -6.73. The summed E-state index contributed by atoms with van der Waals surface area (Å²) in [5.74, 6) is -4.80. The van der Waals surface area contributed by atoms with E-state index in [0.29, 0.717) is 0 Å². The van der Waals surface area contributed by atoms with Crippen LogP contribution >= 0.6 is 0 Å². The molecule has 2 rings (SSSR count). The fraction of sp³-hybridized carbons (Fsp3) is 0.455. The van der Waals surface area contributed by atoms with Crippen molar-refractivity contribution >= 4 is 0 Å². The molecular weight excluding hydrogens is 348 g/mol. The number of ether oxygens (including phenoxy) is 2. The van der Waals surface area contributed by atoms with Crippen LogP contribution in [0.5, 0.6) is 11.8 Å². The SMILES string of the molecule is COc1cnc(OCC(F)(F)C(F)C(F)(F)F)nc1-n1cncn1. The maximum Gasteiger partial charge on any atom is 0.425 e. The van der Waals surface area contributed by atoms with Gasteiger partial charge in [0.2, 0.25) is 5.82 Å². The molecule has 0 aliphatic heterocycles. The fourth-order valence-electron chi connectivity index (χ4n) is 1.51. The highest BCUT2D eigenvalue weighted by atomic mass is 19.4. The lowest BCUT2D eigenvalue weighted by Crippen LogP contribution is -2.45. The fourth-order valence-corrected chi connectivity index (χ4v) is 1.51. The van der Waals surface area contributed by atoms with Crippen molar-refractivity contribution in [1.82, 2.24) is 24.7 Å². The minimum Gasteiger partial charge on any atom is -0.491 e. The highest BCUT2D eigenvalue weighted by Gasteiger charge is 2.57. The zero-order chi connectivity index (χ0) is 18.0. The Morgan fingerprint density at radius 3 is 2.50 bits per heavy atom. The second-order valence-electron chi connectivity index (χ2n) is 4.34. The van der Waals surface area contributed by atoms with Gasteiger partial charge < -0.3 is 9.47 Å². The normalized spacial score (nSPS) is 13.6. The van der Waals surface area contributed by atoms with Crippen LogP contribution in [0.25, 0.3) is 5.82 Å². The summed E-state index contributed by atoms with van der Waals surface area (Å²) in [7, 11) is 1.27. The molecule has 2 aromatic rings. The maximum absolute atomic E-state index is 13.2. The van der Waals surface area contributed by atoms with E-state index in [1.54, 1.807) is 0 Å². The molecule has 0 amide bonds. The Morgan fingerprint density at radius 2 is 1.96 bits per heavy atom. The van der Waals surface area contributed by atoms with Gasteiger partial charge in [0.05, 0.1) is 13.3 Å². The van der Waals surface area contributed by atoms with Crippen LogP contribution in [-0.2, 0) is 0 Å². The van der Waals surface area contributed by atoms with Crippen LogP contribution < -0.4 is 9.47 Å². The minimum absolute atomic E-state index is 0.0593. The van der Waals surface area contributed by atoms with Crippen LogP contribution in [0.1, 0.15) is 0 Å². The number of nitrogens with zero attached hydrogens (tertiary/aromatic N) is 5. The van der Waals surface area contributed by atoms with Crippen LogP contribution in [0.15, 0.2) is 18.9 Å². The average Bonchev–Trinajstić information content (AvgIpc) is 3.05. The van der Waals surface area contributed by atoms with Gasteiger partial charge >= 0.3 is 18.1 Å². The van der Waals surface area contributed by atoms with E-state index in [9.17, 15) is 26.3 Å². The first-order valence-corrected chi connectivity index (χ1v) is 6.12. The third-order valence-corrected chi connectivity index (χ3v) is 2.62. The lowest BCUT2D eigenvalue weighted by Gasteiger charge is -2.22. The van der Waals surface area contributed by atoms with Crippen LogP contribution in [0, 0.1) is 0 Å². The van der Waals surface area contributed by atoms with Gasteiger partial charge in [0.25, 0.3) is 6.17 Å². The molecule has 0 aliphatic carbocycles. The first kappa shape index (κ1) is 17.7. The van der Waals surface area contributed by atoms with E-state index in [1.165, 1.54) is 13.4 Å². The molecule has 0 saturated carbocycles. The Morgan fingerprint density at radius 1 is 1.25 bits per heavy atom. The van der Waals surface area contributed by atoms with Crippen molar-refractivity contribution < 1.29 is 35.8 Å². The number of halogens is 6. The first-order valence-electron chi connectivity index (χ1n) is 6.12. The quantitative estimate of drug-likeness (QED) is 0.736. The number of methoxy groups -OCH3 is 1. The molecular formula is C11H9F6N5O2. The number of alkyl halides is 6. The number of hydrogen-bond acceptors (Lipinski definition) is 6. The second-order valence-corrected chi connectivity index (χ2v) is 4.34. The molecule has 1 unspecified atom stereocenters.